The molecule has 21 heavy (non-hydrogen) atoms. The second-order valence-corrected chi connectivity index (χ2v) is 5.27. The summed E-state index contributed by atoms with van der Waals surface area (Å²) in [6.07, 6.45) is 1.85. The Morgan fingerprint density at radius 1 is 1.10 bits per heavy atom. The van der Waals surface area contributed by atoms with Gasteiger partial charge in [0, 0.05) is 10.7 Å². The number of aliphatic imine (C=N–C) groups is 1. The molecule has 0 bridgehead atoms. The summed E-state index contributed by atoms with van der Waals surface area (Å²) in [7, 11) is 0. The van der Waals surface area contributed by atoms with E-state index in [0.717, 1.165) is 5.69 Å². The van der Waals surface area contributed by atoms with Gasteiger partial charge in [0.25, 0.3) is 0 Å². The highest BCUT2D eigenvalue weighted by molar-refractivity contribution is 8.13. The number of carbonyl (C=O) groups excluding carboxylic acids is 1. The van der Waals surface area contributed by atoms with Crippen LogP contribution in [-0.2, 0) is 0 Å². The van der Waals surface area contributed by atoms with Crippen LogP contribution in [0.4, 0.5) is 16.2 Å². The van der Waals surface area contributed by atoms with E-state index in [-0.39, 0.29) is 6.03 Å². The van der Waals surface area contributed by atoms with E-state index in [1.807, 2.05) is 36.6 Å². The Morgan fingerprint density at radius 2 is 1.76 bits per heavy atom. The van der Waals surface area contributed by atoms with Crippen LogP contribution in [0.5, 0.6) is 0 Å². The van der Waals surface area contributed by atoms with E-state index >= 15 is 0 Å². The summed E-state index contributed by atoms with van der Waals surface area (Å²) >= 11 is 7.16. The lowest BCUT2D eigenvalue weighted by molar-refractivity contribution is 0.256. The predicted molar refractivity (Wildman–Crippen MR) is 90.7 cm³/mol. The molecule has 0 aliphatic heterocycles. The quantitative estimate of drug-likeness (QED) is 0.632. The van der Waals surface area contributed by atoms with Crippen molar-refractivity contribution in [3.05, 3.63) is 59.6 Å². The van der Waals surface area contributed by atoms with Gasteiger partial charge in [0.05, 0.1) is 5.69 Å². The van der Waals surface area contributed by atoms with Crippen LogP contribution in [0.1, 0.15) is 0 Å². The molecule has 0 unspecified atom stereocenters. The molecule has 2 amide bonds. The molecule has 0 aliphatic carbocycles. The number of urea groups is 1. The summed E-state index contributed by atoms with van der Waals surface area (Å²) in [5.74, 6) is 0. The van der Waals surface area contributed by atoms with Gasteiger partial charge in [0.2, 0.25) is 0 Å². The number of rotatable bonds is 2. The monoisotopic (exact) mass is 319 g/mol. The standard InChI is InChI=1S/C15H14ClN3OS/c1-21-15(18-12-5-3-2-4-6-12)19-14(20)17-13-9-7-11(16)8-10-13/h2-10H,1H3,(H2,17,18,19,20). The van der Waals surface area contributed by atoms with Gasteiger partial charge in [-0.2, -0.15) is 0 Å². The smallest absolute Gasteiger partial charge is 0.308 e. The highest BCUT2D eigenvalue weighted by Crippen LogP contribution is 2.14. The Balaban J connectivity index is 2.00. The van der Waals surface area contributed by atoms with Crippen molar-refractivity contribution in [2.75, 3.05) is 11.6 Å². The van der Waals surface area contributed by atoms with Crippen molar-refractivity contribution in [3.8, 4) is 0 Å². The molecule has 0 aromatic heterocycles. The molecular formula is C15H14ClN3OS. The van der Waals surface area contributed by atoms with Gasteiger partial charge >= 0.3 is 6.03 Å². The summed E-state index contributed by atoms with van der Waals surface area (Å²) in [6.45, 7) is 0. The number of anilines is 1. The fourth-order valence-electron chi connectivity index (χ4n) is 1.54. The van der Waals surface area contributed by atoms with Gasteiger partial charge in [0.15, 0.2) is 5.17 Å². The number of hydrogen-bond acceptors (Lipinski definition) is 3. The number of nitrogens with zero attached hydrogens (tertiary/aromatic N) is 1. The number of amidine groups is 1. The van der Waals surface area contributed by atoms with Crippen LogP contribution in [-0.4, -0.2) is 17.5 Å². The Bertz CT molecular complexity index is 629. The summed E-state index contributed by atoms with van der Waals surface area (Å²) in [5, 5.41) is 6.57. The number of benzene rings is 2. The first-order chi connectivity index (χ1) is 10.2. The fraction of sp³-hybridized carbons (Fsp3) is 0.0667. The Labute approximate surface area is 132 Å². The zero-order valence-corrected chi connectivity index (χ0v) is 12.9. The number of amides is 2. The van der Waals surface area contributed by atoms with Gasteiger partial charge < -0.3 is 5.32 Å². The first kappa shape index (κ1) is 15.4. The van der Waals surface area contributed by atoms with E-state index in [0.29, 0.717) is 15.9 Å². The number of thioether (sulfide) groups is 1. The molecule has 0 aliphatic rings. The van der Waals surface area contributed by atoms with E-state index in [1.54, 1.807) is 24.3 Å². The topological polar surface area (TPSA) is 53.5 Å². The molecule has 2 rings (SSSR count). The third-order valence-corrected chi connectivity index (χ3v) is 3.33. The average molecular weight is 320 g/mol. The fourth-order valence-corrected chi connectivity index (χ4v) is 2.05. The number of nitrogens with one attached hydrogen (secondary N) is 2. The predicted octanol–water partition coefficient (Wildman–Crippen LogP) is 4.51. The number of para-hydroxylation sites is 1. The highest BCUT2D eigenvalue weighted by Gasteiger charge is 2.05. The van der Waals surface area contributed by atoms with E-state index in [1.165, 1.54) is 11.8 Å². The van der Waals surface area contributed by atoms with Gasteiger partial charge in [-0.05, 0) is 42.7 Å². The number of halogens is 1. The van der Waals surface area contributed by atoms with Crippen LogP contribution in [0.3, 0.4) is 0 Å². The minimum atomic E-state index is -0.346. The van der Waals surface area contributed by atoms with Crippen molar-refractivity contribution in [2.24, 2.45) is 4.99 Å². The van der Waals surface area contributed by atoms with Gasteiger partial charge in [0.1, 0.15) is 0 Å². The molecule has 4 nitrogen and oxygen atoms in total. The lowest BCUT2D eigenvalue weighted by Gasteiger charge is -2.08. The minimum absolute atomic E-state index is 0.346. The van der Waals surface area contributed by atoms with Gasteiger partial charge in [-0.3, -0.25) is 5.32 Å². The molecule has 6 heteroatoms. The van der Waals surface area contributed by atoms with Crippen LogP contribution in [0.2, 0.25) is 5.02 Å². The second-order valence-electron chi connectivity index (χ2n) is 4.04. The summed E-state index contributed by atoms with van der Waals surface area (Å²) in [6, 6.07) is 16.0. The second kappa shape index (κ2) is 7.71. The lowest BCUT2D eigenvalue weighted by Crippen LogP contribution is -2.32. The highest BCUT2D eigenvalue weighted by atomic mass is 35.5. The third-order valence-electron chi connectivity index (χ3n) is 2.50. The average Bonchev–Trinajstić information content (AvgIpc) is 2.50. The molecule has 0 saturated heterocycles. The Hall–Kier alpha value is -1.98. The SMILES string of the molecule is CSC(=Nc1ccccc1)NC(=O)Nc1ccc(Cl)cc1. The summed E-state index contributed by atoms with van der Waals surface area (Å²) in [5.41, 5.74) is 1.45. The molecule has 2 aromatic rings. The van der Waals surface area contributed by atoms with Crippen molar-refractivity contribution in [2.45, 2.75) is 0 Å². The number of hydrogen-bond donors (Lipinski definition) is 2. The van der Waals surface area contributed by atoms with Crippen molar-refractivity contribution in [1.82, 2.24) is 5.32 Å². The van der Waals surface area contributed by atoms with Gasteiger partial charge in [-0.15, -0.1) is 0 Å². The largest absolute Gasteiger partial charge is 0.325 e. The van der Waals surface area contributed by atoms with Gasteiger partial charge in [-0.1, -0.05) is 41.6 Å². The molecule has 0 radical (unpaired) electrons. The van der Waals surface area contributed by atoms with Crippen LogP contribution >= 0.6 is 23.4 Å². The maximum absolute atomic E-state index is 11.9. The van der Waals surface area contributed by atoms with Crippen LogP contribution < -0.4 is 10.6 Å². The molecule has 0 atom stereocenters. The third kappa shape index (κ3) is 5.13. The first-order valence-electron chi connectivity index (χ1n) is 6.18. The molecule has 0 heterocycles. The molecule has 108 valence electrons. The zero-order chi connectivity index (χ0) is 15.1. The van der Waals surface area contributed by atoms with Crippen LogP contribution in [0, 0.1) is 0 Å². The molecule has 2 aromatic carbocycles. The molecule has 0 saturated carbocycles. The molecule has 0 spiro atoms. The van der Waals surface area contributed by atoms with Crippen LogP contribution in [0.25, 0.3) is 0 Å². The van der Waals surface area contributed by atoms with Crippen molar-refractivity contribution >= 4 is 45.9 Å². The normalized spacial score (nSPS) is 11.0. The minimum Gasteiger partial charge on any atom is -0.308 e. The summed E-state index contributed by atoms with van der Waals surface area (Å²) < 4.78 is 0. The van der Waals surface area contributed by atoms with Crippen molar-refractivity contribution < 1.29 is 4.79 Å². The van der Waals surface area contributed by atoms with E-state index in [4.69, 9.17) is 11.6 Å². The van der Waals surface area contributed by atoms with Crippen molar-refractivity contribution in [3.63, 3.8) is 0 Å². The van der Waals surface area contributed by atoms with E-state index in [9.17, 15) is 4.79 Å². The maximum atomic E-state index is 11.9. The summed E-state index contributed by atoms with van der Waals surface area (Å²) in [4.78, 5) is 16.3. The van der Waals surface area contributed by atoms with E-state index in [2.05, 4.69) is 15.6 Å². The van der Waals surface area contributed by atoms with Gasteiger partial charge in [-0.25, -0.2) is 9.79 Å². The van der Waals surface area contributed by atoms with Crippen LogP contribution in [0.15, 0.2) is 59.6 Å². The zero-order valence-electron chi connectivity index (χ0n) is 11.3. The first-order valence-corrected chi connectivity index (χ1v) is 7.79. The molecule has 2 N–H and O–H groups in total. The molecular weight excluding hydrogens is 306 g/mol. The number of carbonyl (C=O) groups is 1. The van der Waals surface area contributed by atoms with E-state index < -0.39 is 0 Å². The Kier molecular flexibility index (Phi) is 5.66. The lowest BCUT2D eigenvalue weighted by atomic mass is 10.3. The maximum Gasteiger partial charge on any atom is 0.325 e. The molecule has 0 fully saturated rings. The Morgan fingerprint density at radius 3 is 2.38 bits per heavy atom. The van der Waals surface area contributed by atoms with Crippen molar-refractivity contribution in [1.29, 1.82) is 0 Å².